The third kappa shape index (κ3) is 3.70. The molecule has 1 aromatic carbocycles. The third-order valence-electron chi connectivity index (χ3n) is 3.21. The number of likely N-dealkylation sites (tertiary alicyclic amines) is 1. The second-order valence-corrected chi connectivity index (χ2v) is 6.53. The highest BCUT2D eigenvalue weighted by Gasteiger charge is 2.21. The van der Waals surface area contributed by atoms with Gasteiger partial charge >= 0.3 is 0 Å². The van der Waals surface area contributed by atoms with E-state index in [0.717, 1.165) is 17.8 Å². The first-order valence-electron chi connectivity index (χ1n) is 5.80. The van der Waals surface area contributed by atoms with Crippen molar-refractivity contribution in [1.82, 2.24) is 4.90 Å². The minimum Gasteiger partial charge on any atom is -0.299 e. The molecule has 0 saturated carbocycles. The first-order chi connectivity index (χ1) is 7.78. The summed E-state index contributed by atoms with van der Waals surface area (Å²) in [6.07, 6.45) is 2.69. The summed E-state index contributed by atoms with van der Waals surface area (Å²) in [4.78, 5) is 2.58. The first kappa shape index (κ1) is 12.8. The zero-order chi connectivity index (χ0) is 11.4. The van der Waals surface area contributed by atoms with E-state index >= 15 is 0 Å². The van der Waals surface area contributed by atoms with Gasteiger partial charge in [-0.05, 0) is 65.6 Å². The fraction of sp³-hybridized carbons (Fsp3) is 0.538. The van der Waals surface area contributed by atoms with Gasteiger partial charge in [-0.25, -0.2) is 0 Å². The van der Waals surface area contributed by atoms with Crippen molar-refractivity contribution in [2.75, 3.05) is 18.4 Å². The molecule has 2 rings (SSSR count). The zero-order valence-electron chi connectivity index (χ0n) is 9.33. The molecule has 0 amide bonds. The largest absolute Gasteiger partial charge is 0.299 e. The van der Waals surface area contributed by atoms with Crippen molar-refractivity contribution < 1.29 is 0 Å². The molecule has 1 fully saturated rings. The fourth-order valence-corrected chi connectivity index (χ4v) is 3.30. The van der Waals surface area contributed by atoms with Crippen molar-refractivity contribution in [2.24, 2.45) is 5.92 Å². The van der Waals surface area contributed by atoms with Gasteiger partial charge in [0.05, 0.1) is 0 Å². The van der Waals surface area contributed by atoms with E-state index in [1.807, 2.05) is 0 Å². The van der Waals surface area contributed by atoms with Crippen LogP contribution in [0.4, 0.5) is 0 Å². The molecule has 1 aliphatic heterocycles. The molecule has 1 heterocycles. The second-order valence-electron chi connectivity index (χ2n) is 4.49. The van der Waals surface area contributed by atoms with Gasteiger partial charge in [0.2, 0.25) is 0 Å². The highest BCUT2D eigenvalue weighted by atomic mass is 127. The van der Waals surface area contributed by atoms with E-state index in [1.165, 1.54) is 35.1 Å². The van der Waals surface area contributed by atoms with E-state index in [4.69, 9.17) is 0 Å². The molecule has 0 N–H and O–H groups in total. The van der Waals surface area contributed by atoms with Crippen LogP contribution in [0.3, 0.4) is 0 Å². The molecule has 16 heavy (non-hydrogen) atoms. The first-order valence-corrected chi connectivity index (χ1v) is 8.00. The van der Waals surface area contributed by atoms with Crippen LogP contribution in [-0.4, -0.2) is 23.3 Å². The molecule has 1 saturated heterocycles. The van der Waals surface area contributed by atoms with Crippen molar-refractivity contribution in [2.45, 2.75) is 19.4 Å². The van der Waals surface area contributed by atoms with Crippen molar-refractivity contribution in [3.05, 3.63) is 33.4 Å². The highest BCUT2D eigenvalue weighted by Crippen LogP contribution is 2.22. The Labute approximate surface area is 120 Å². The second kappa shape index (κ2) is 6.36. The van der Waals surface area contributed by atoms with Crippen LogP contribution in [0.15, 0.2) is 24.3 Å². The average molecular weight is 394 g/mol. The molecule has 88 valence electrons. The number of hydrogen-bond donors (Lipinski definition) is 0. The summed E-state index contributed by atoms with van der Waals surface area (Å²) < 4.78 is 1.32. The summed E-state index contributed by atoms with van der Waals surface area (Å²) in [5.41, 5.74) is 1.44. The molecule has 3 heteroatoms. The van der Waals surface area contributed by atoms with Gasteiger partial charge in [-0.2, -0.15) is 0 Å². The SMILES string of the molecule is BrCCC1CCN(Cc2ccc(I)cc2)C1. The number of benzene rings is 1. The summed E-state index contributed by atoms with van der Waals surface area (Å²) in [5.74, 6) is 0.906. The zero-order valence-corrected chi connectivity index (χ0v) is 13.1. The van der Waals surface area contributed by atoms with Gasteiger partial charge in [-0.3, -0.25) is 4.90 Å². The van der Waals surface area contributed by atoms with Gasteiger partial charge in [-0.1, -0.05) is 28.1 Å². The topological polar surface area (TPSA) is 3.24 Å². The Morgan fingerprint density at radius 1 is 1.31 bits per heavy atom. The Morgan fingerprint density at radius 3 is 2.75 bits per heavy atom. The lowest BCUT2D eigenvalue weighted by Crippen LogP contribution is -2.20. The maximum absolute atomic E-state index is 3.53. The normalized spacial score (nSPS) is 21.5. The Morgan fingerprint density at radius 2 is 2.06 bits per heavy atom. The standard InChI is InChI=1S/C13H17BrIN/c14-7-5-12-6-8-16(10-12)9-11-1-3-13(15)4-2-11/h1-4,12H,5-10H2. The molecule has 1 aromatic rings. The summed E-state index contributed by atoms with van der Waals surface area (Å²) in [6.45, 7) is 3.66. The summed E-state index contributed by atoms with van der Waals surface area (Å²) in [7, 11) is 0. The Balaban J connectivity index is 1.84. The molecule has 0 aliphatic carbocycles. The Hall–Kier alpha value is 0.390. The van der Waals surface area contributed by atoms with Crippen LogP contribution < -0.4 is 0 Å². The minimum atomic E-state index is 0.906. The average Bonchev–Trinajstić information content (AvgIpc) is 2.70. The van der Waals surface area contributed by atoms with E-state index < -0.39 is 0 Å². The van der Waals surface area contributed by atoms with E-state index in [-0.39, 0.29) is 0 Å². The minimum absolute atomic E-state index is 0.906. The van der Waals surface area contributed by atoms with Crippen LogP contribution in [-0.2, 0) is 6.54 Å². The predicted octanol–water partition coefficient (Wildman–Crippen LogP) is 3.90. The van der Waals surface area contributed by atoms with Gasteiger partial charge in [-0.15, -0.1) is 0 Å². The van der Waals surface area contributed by atoms with Crippen LogP contribution in [0.25, 0.3) is 0 Å². The van der Waals surface area contributed by atoms with Crippen molar-refractivity contribution in [3.63, 3.8) is 0 Å². The lowest BCUT2D eigenvalue weighted by Gasteiger charge is -2.15. The molecule has 1 aliphatic rings. The number of rotatable bonds is 4. The third-order valence-corrected chi connectivity index (χ3v) is 4.38. The van der Waals surface area contributed by atoms with Crippen molar-refractivity contribution in [3.8, 4) is 0 Å². The number of alkyl halides is 1. The highest BCUT2D eigenvalue weighted by molar-refractivity contribution is 14.1. The smallest absolute Gasteiger partial charge is 0.0233 e. The van der Waals surface area contributed by atoms with Crippen LogP contribution in [0.1, 0.15) is 18.4 Å². The Bertz CT molecular complexity index is 325. The maximum atomic E-state index is 3.53. The molecule has 1 atom stereocenters. The predicted molar refractivity (Wildman–Crippen MR) is 81.0 cm³/mol. The van der Waals surface area contributed by atoms with Crippen molar-refractivity contribution >= 4 is 38.5 Å². The van der Waals surface area contributed by atoms with E-state index in [0.29, 0.717) is 0 Å². The van der Waals surface area contributed by atoms with Crippen LogP contribution >= 0.6 is 38.5 Å². The van der Waals surface area contributed by atoms with Gasteiger partial charge in [0.1, 0.15) is 0 Å². The molecular weight excluding hydrogens is 377 g/mol. The van der Waals surface area contributed by atoms with Crippen molar-refractivity contribution in [1.29, 1.82) is 0 Å². The molecule has 0 bridgehead atoms. The quantitative estimate of drug-likeness (QED) is 0.554. The molecule has 0 aromatic heterocycles. The summed E-state index contributed by atoms with van der Waals surface area (Å²) in [6, 6.07) is 8.89. The number of nitrogens with zero attached hydrogens (tertiary/aromatic N) is 1. The van der Waals surface area contributed by atoms with Crippen LogP contribution in [0, 0.1) is 9.49 Å². The van der Waals surface area contributed by atoms with Crippen LogP contribution in [0.5, 0.6) is 0 Å². The lowest BCUT2D eigenvalue weighted by molar-refractivity contribution is 0.315. The Kier molecular flexibility index (Phi) is 5.10. The summed E-state index contributed by atoms with van der Waals surface area (Å²) >= 11 is 5.89. The lowest BCUT2D eigenvalue weighted by atomic mass is 10.1. The molecule has 1 unspecified atom stereocenters. The van der Waals surface area contributed by atoms with E-state index in [1.54, 1.807) is 0 Å². The van der Waals surface area contributed by atoms with Gasteiger partial charge < -0.3 is 0 Å². The molecule has 0 radical (unpaired) electrons. The molecule has 0 spiro atoms. The molecular formula is C13H17BrIN. The van der Waals surface area contributed by atoms with Gasteiger partial charge in [0.25, 0.3) is 0 Å². The number of halogens is 2. The maximum Gasteiger partial charge on any atom is 0.0233 e. The van der Waals surface area contributed by atoms with Gasteiger partial charge in [0, 0.05) is 22.0 Å². The summed E-state index contributed by atoms with van der Waals surface area (Å²) in [5, 5.41) is 1.15. The van der Waals surface area contributed by atoms with Gasteiger partial charge in [0.15, 0.2) is 0 Å². The fourth-order valence-electron chi connectivity index (χ4n) is 2.29. The van der Waals surface area contributed by atoms with Crippen LogP contribution in [0.2, 0.25) is 0 Å². The van der Waals surface area contributed by atoms with E-state index in [2.05, 4.69) is 67.7 Å². The monoisotopic (exact) mass is 393 g/mol. The molecule has 1 nitrogen and oxygen atoms in total. The van der Waals surface area contributed by atoms with E-state index in [9.17, 15) is 0 Å². The number of hydrogen-bond acceptors (Lipinski definition) is 1.